The SMILES string of the molecule is N#CCC(=O)Nc1c(Cl)cc(C#N)cc1Br. The number of amides is 1. The van der Waals surface area contributed by atoms with E-state index in [9.17, 15) is 4.79 Å². The Bertz CT molecular complexity index is 493. The first kappa shape index (κ1) is 12.5. The van der Waals surface area contributed by atoms with Gasteiger partial charge in [0.1, 0.15) is 6.42 Å². The van der Waals surface area contributed by atoms with Crippen LogP contribution in [-0.4, -0.2) is 5.91 Å². The zero-order valence-electron chi connectivity index (χ0n) is 7.92. The van der Waals surface area contributed by atoms with Gasteiger partial charge in [-0.1, -0.05) is 11.6 Å². The van der Waals surface area contributed by atoms with Crippen molar-refractivity contribution in [1.29, 1.82) is 10.5 Å². The number of carbonyl (C=O) groups is 1. The molecule has 0 aliphatic carbocycles. The number of nitrogens with zero attached hydrogens (tertiary/aromatic N) is 2. The molecular weight excluding hydrogens is 293 g/mol. The molecule has 1 N–H and O–H groups in total. The fourth-order valence-electron chi connectivity index (χ4n) is 1.01. The Morgan fingerprint density at radius 2 is 2.19 bits per heavy atom. The summed E-state index contributed by atoms with van der Waals surface area (Å²) in [6.45, 7) is 0. The first-order valence-corrected chi connectivity index (χ1v) is 5.31. The lowest BCUT2D eigenvalue weighted by Gasteiger charge is -2.08. The van der Waals surface area contributed by atoms with E-state index >= 15 is 0 Å². The van der Waals surface area contributed by atoms with Gasteiger partial charge in [0.05, 0.1) is 28.4 Å². The predicted molar refractivity (Wildman–Crippen MR) is 62.7 cm³/mol. The molecule has 80 valence electrons. The second-order valence-electron chi connectivity index (χ2n) is 2.81. The predicted octanol–water partition coefficient (Wildman–Crippen LogP) is 2.83. The number of rotatable bonds is 2. The molecule has 0 fully saturated rings. The lowest BCUT2D eigenvalue weighted by atomic mass is 10.2. The molecule has 0 aliphatic rings. The smallest absolute Gasteiger partial charge is 0.238 e. The molecule has 16 heavy (non-hydrogen) atoms. The van der Waals surface area contributed by atoms with Gasteiger partial charge < -0.3 is 5.32 Å². The van der Waals surface area contributed by atoms with Crippen molar-refractivity contribution in [2.45, 2.75) is 6.42 Å². The van der Waals surface area contributed by atoms with E-state index < -0.39 is 5.91 Å². The summed E-state index contributed by atoms with van der Waals surface area (Å²) in [6.07, 6.45) is -0.247. The average molecular weight is 299 g/mol. The van der Waals surface area contributed by atoms with E-state index in [1.54, 1.807) is 6.07 Å². The molecule has 0 unspecified atom stereocenters. The summed E-state index contributed by atoms with van der Waals surface area (Å²) in [4.78, 5) is 11.2. The van der Waals surface area contributed by atoms with E-state index in [0.29, 0.717) is 15.7 Å². The van der Waals surface area contributed by atoms with Crippen LogP contribution in [0, 0.1) is 22.7 Å². The standard InChI is InChI=1S/C10H5BrClN3O/c11-7-3-6(5-14)4-8(12)10(7)15-9(16)1-2-13/h3-4H,1H2,(H,15,16). The van der Waals surface area contributed by atoms with Crippen LogP contribution in [0.3, 0.4) is 0 Å². The van der Waals surface area contributed by atoms with Gasteiger partial charge in [0.15, 0.2) is 0 Å². The third-order valence-electron chi connectivity index (χ3n) is 1.68. The maximum atomic E-state index is 11.2. The van der Waals surface area contributed by atoms with Gasteiger partial charge in [-0.2, -0.15) is 10.5 Å². The van der Waals surface area contributed by atoms with Gasteiger partial charge in [0.2, 0.25) is 5.91 Å². The monoisotopic (exact) mass is 297 g/mol. The summed E-state index contributed by atoms with van der Waals surface area (Å²) in [6, 6.07) is 6.64. The quantitative estimate of drug-likeness (QED) is 0.912. The van der Waals surface area contributed by atoms with Crippen LogP contribution < -0.4 is 5.32 Å². The van der Waals surface area contributed by atoms with Gasteiger partial charge in [-0.15, -0.1) is 0 Å². The van der Waals surface area contributed by atoms with Crippen molar-refractivity contribution < 1.29 is 4.79 Å². The van der Waals surface area contributed by atoms with E-state index in [4.69, 9.17) is 22.1 Å². The van der Waals surface area contributed by atoms with E-state index in [1.165, 1.54) is 12.1 Å². The molecule has 0 aliphatic heterocycles. The fraction of sp³-hybridized carbons (Fsp3) is 0.100. The molecule has 0 saturated carbocycles. The third-order valence-corrected chi connectivity index (χ3v) is 2.60. The van der Waals surface area contributed by atoms with Crippen LogP contribution in [0.25, 0.3) is 0 Å². The lowest BCUT2D eigenvalue weighted by Crippen LogP contribution is -2.11. The summed E-state index contributed by atoms with van der Waals surface area (Å²) < 4.78 is 0.503. The van der Waals surface area contributed by atoms with Crippen LogP contribution >= 0.6 is 27.5 Å². The average Bonchev–Trinajstić information content (AvgIpc) is 2.23. The zero-order valence-corrected chi connectivity index (χ0v) is 10.3. The molecule has 0 radical (unpaired) electrons. The molecule has 0 aromatic heterocycles. The Morgan fingerprint density at radius 1 is 1.50 bits per heavy atom. The zero-order chi connectivity index (χ0) is 12.1. The molecule has 0 bridgehead atoms. The number of hydrogen-bond donors (Lipinski definition) is 1. The largest absolute Gasteiger partial charge is 0.323 e. The topological polar surface area (TPSA) is 76.7 Å². The summed E-state index contributed by atoms with van der Waals surface area (Å²) >= 11 is 9.06. The first-order chi connectivity index (χ1) is 7.58. The molecule has 1 aromatic rings. The Hall–Kier alpha value is -1.56. The molecule has 1 rings (SSSR count). The molecule has 1 aromatic carbocycles. The van der Waals surface area contributed by atoms with Crippen molar-refractivity contribution in [3.05, 3.63) is 27.2 Å². The highest BCUT2D eigenvalue weighted by Crippen LogP contribution is 2.32. The van der Waals surface area contributed by atoms with Gasteiger partial charge >= 0.3 is 0 Å². The van der Waals surface area contributed by atoms with Crippen molar-refractivity contribution in [2.24, 2.45) is 0 Å². The summed E-state index contributed by atoms with van der Waals surface area (Å²) in [5.41, 5.74) is 0.746. The van der Waals surface area contributed by atoms with E-state index in [-0.39, 0.29) is 11.4 Å². The molecular formula is C10H5BrClN3O. The lowest BCUT2D eigenvalue weighted by molar-refractivity contribution is -0.115. The second-order valence-corrected chi connectivity index (χ2v) is 4.07. The Kier molecular flexibility index (Phi) is 4.30. The van der Waals surface area contributed by atoms with Crippen molar-refractivity contribution >= 4 is 39.1 Å². The van der Waals surface area contributed by atoms with Crippen molar-refractivity contribution in [3.63, 3.8) is 0 Å². The van der Waals surface area contributed by atoms with Crippen molar-refractivity contribution in [3.8, 4) is 12.1 Å². The minimum absolute atomic E-state index is 0.247. The van der Waals surface area contributed by atoms with Gasteiger partial charge in [-0.25, -0.2) is 0 Å². The van der Waals surface area contributed by atoms with E-state index in [1.807, 2.05) is 6.07 Å². The van der Waals surface area contributed by atoms with Crippen LogP contribution in [0.2, 0.25) is 5.02 Å². The normalized spacial score (nSPS) is 9.00. The van der Waals surface area contributed by atoms with Crippen LogP contribution in [0.4, 0.5) is 5.69 Å². The molecule has 0 heterocycles. The van der Waals surface area contributed by atoms with Gasteiger partial charge in [0, 0.05) is 4.47 Å². The number of halogens is 2. The molecule has 1 amide bonds. The van der Waals surface area contributed by atoms with Crippen LogP contribution in [-0.2, 0) is 4.79 Å². The van der Waals surface area contributed by atoms with Gasteiger partial charge in [-0.3, -0.25) is 4.79 Å². The van der Waals surface area contributed by atoms with Crippen LogP contribution in [0.5, 0.6) is 0 Å². The molecule has 6 heteroatoms. The highest BCUT2D eigenvalue weighted by molar-refractivity contribution is 9.10. The number of nitriles is 2. The molecule has 0 atom stereocenters. The number of carbonyl (C=O) groups excluding carboxylic acids is 1. The number of nitrogens with one attached hydrogen (secondary N) is 1. The van der Waals surface area contributed by atoms with E-state index in [0.717, 1.165) is 0 Å². The summed E-state index contributed by atoms with van der Waals surface area (Å²) in [7, 11) is 0. The van der Waals surface area contributed by atoms with Gasteiger partial charge in [-0.05, 0) is 28.1 Å². The van der Waals surface area contributed by atoms with Gasteiger partial charge in [0.25, 0.3) is 0 Å². The molecule has 4 nitrogen and oxygen atoms in total. The second kappa shape index (κ2) is 5.50. The minimum Gasteiger partial charge on any atom is -0.323 e. The van der Waals surface area contributed by atoms with Crippen molar-refractivity contribution in [1.82, 2.24) is 0 Å². The number of benzene rings is 1. The fourth-order valence-corrected chi connectivity index (χ4v) is 1.95. The molecule has 0 spiro atoms. The Balaban J connectivity index is 3.03. The highest BCUT2D eigenvalue weighted by Gasteiger charge is 2.10. The number of anilines is 1. The maximum absolute atomic E-state index is 11.2. The molecule has 0 saturated heterocycles. The third kappa shape index (κ3) is 2.96. The summed E-state index contributed by atoms with van der Waals surface area (Å²) in [5, 5.41) is 19.7. The Labute approximate surface area is 106 Å². The first-order valence-electron chi connectivity index (χ1n) is 4.14. The Morgan fingerprint density at radius 3 is 2.69 bits per heavy atom. The van der Waals surface area contributed by atoms with Crippen LogP contribution in [0.15, 0.2) is 16.6 Å². The minimum atomic E-state index is -0.449. The van der Waals surface area contributed by atoms with Crippen LogP contribution in [0.1, 0.15) is 12.0 Å². The summed E-state index contributed by atoms with van der Waals surface area (Å²) in [5.74, 6) is -0.449. The number of hydrogen-bond acceptors (Lipinski definition) is 3. The van der Waals surface area contributed by atoms with E-state index in [2.05, 4.69) is 21.2 Å². The highest BCUT2D eigenvalue weighted by atomic mass is 79.9. The maximum Gasteiger partial charge on any atom is 0.238 e. The van der Waals surface area contributed by atoms with Crippen molar-refractivity contribution in [2.75, 3.05) is 5.32 Å².